The van der Waals surface area contributed by atoms with Gasteiger partial charge in [0.05, 0.1) is 17.5 Å². The molecule has 2 aromatic carbocycles. The lowest BCUT2D eigenvalue weighted by molar-refractivity contribution is -0.115. The Morgan fingerprint density at radius 3 is 2.65 bits per heavy atom. The van der Waals surface area contributed by atoms with Crippen LogP contribution in [-0.2, 0) is 11.2 Å². The molecule has 102 valence electrons. The Bertz CT molecular complexity index is 702. The number of fused-ring (bicyclic) bond motifs is 1. The van der Waals surface area contributed by atoms with E-state index in [1.807, 2.05) is 36.4 Å². The molecule has 3 nitrogen and oxygen atoms in total. The number of nitrogens with one attached hydrogen (secondary N) is 1. The zero-order valence-electron chi connectivity index (χ0n) is 10.5. The number of nitrogens with two attached hydrogens (primary N) is 1. The Labute approximate surface area is 135 Å². The molecule has 3 N–H and O–H groups in total. The molecule has 2 aromatic rings. The van der Waals surface area contributed by atoms with Gasteiger partial charge in [-0.1, -0.05) is 29.8 Å². The highest BCUT2D eigenvalue weighted by Crippen LogP contribution is 2.30. The molecule has 0 saturated heterocycles. The van der Waals surface area contributed by atoms with E-state index < -0.39 is 0 Å². The van der Waals surface area contributed by atoms with Gasteiger partial charge in [0.15, 0.2) is 0 Å². The number of hydrogen-bond donors (Lipinski definition) is 2. The minimum absolute atomic E-state index is 0.0306. The quantitative estimate of drug-likeness (QED) is 0.761. The Hall–Kier alpha value is -1.11. The van der Waals surface area contributed by atoms with Gasteiger partial charge in [-0.05, 0) is 57.5 Å². The number of anilines is 1. The predicted molar refractivity (Wildman–Crippen MR) is 89.0 cm³/mol. The lowest BCUT2D eigenvalue weighted by Gasteiger charge is -2.14. The zero-order valence-corrected chi connectivity index (χ0v) is 13.4. The van der Waals surface area contributed by atoms with Gasteiger partial charge in [0.1, 0.15) is 0 Å². The van der Waals surface area contributed by atoms with Gasteiger partial charge in [-0.2, -0.15) is 0 Å². The van der Waals surface area contributed by atoms with Crippen molar-refractivity contribution in [2.24, 2.45) is 5.73 Å². The molecule has 0 fully saturated rings. The summed E-state index contributed by atoms with van der Waals surface area (Å²) in [6, 6.07) is 11.4. The molecule has 0 spiro atoms. The van der Waals surface area contributed by atoms with Crippen LogP contribution in [0.2, 0.25) is 5.02 Å². The molecule has 1 aliphatic heterocycles. The summed E-state index contributed by atoms with van der Waals surface area (Å²) < 4.78 is 1.00. The number of carbonyl (C=O) groups excluding carboxylic acids is 1. The smallest absolute Gasteiger partial charge is 0.228 e. The fourth-order valence-corrected chi connectivity index (χ4v) is 2.87. The van der Waals surface area contributed by atoms with Crippen LogP contribution in [0.4, 0.5) is 5.69 Å². The second-order valence-electron chi connectivity index (χ2n) is 4.79. The lowest BCUT2D eigenvalue weighted by Crippen LogP contribution is -2.12. The molecule has 20 heavy (non-hydrogen) atoms. The first kappa shape index (κ1) is 13.9. The number of hydrogen-bond acceptors (Lipinski definition) is 2. The summed E-state index contributed by atoms with van der Waals surface area (Å²) in [6.07, 6.45) is 0.420. The fourth-order valence-electron chi connectivity index (χ4n) is 2.34. The Balaban J connectivity index is 1.94. The van der Waals surface area contributed by atoms with Gasteiger partial charge < -0.3 is 11.1 Å². The Morgan fingerprint density at radius 1 is 1.20 bits per heavy atom. The highest BCUT2D eigenvalue weighted by Gasteiger charge is 2.19. The predicted octanol–water partition coefficient (Wildman–Crippen LogP) is 3.49. The summed E-state index contributed by atoms with van der Waals surface area (Å²) in [7, 11) is 0. The number of halogens is 2. The van der Waals surface area contributed by atoms with Crippen LogP contribution in [0.1, 0.15) is 22.7 Å². The second-order valence-corrected chi connectivity index (χ2v) is 6.36. The van der Waals surface area contributed by atoms with Crippen molar-refractivity contribution in [1.29, 1.82) is 0 Å². The highest BCUT2D eigenvalue weighted by molar-refractivity contribution is 14.1. The summed E-state index contributed by atoms with van der Waals surface area (Å²) in [5.74, 6) is 0.0306. The molecule has 1 amide bonds. The Kier molecular flexibility index (Phi) is 3.70. The SMILES string of the molecule is NC(c1ccc(I)c(Cl)c1)c1ccc2c(c1)CC(=O)N2. The number of benzene rings is 2. The molecule has 0 bridgehead atoms. The standard InChI is InChI=1S/C15H12ClIN2O/c16-11-6-9(1-3-12(11)17)15(18)8-2-4-13-10(5-8)7-14(20)19-13/h1-6,15H,7,18H2,(H,19,20). The van der Waals surface area contributed by atoms with Crippen LogP contribution in [0.3, 0.4) is 0 Å². The first-order chi connectivity index (χ1) is 9.54. The van der Waals surface area contributed by atoms with Crippen LogP contribution < -0.4 is 11.1 Å². The van der Waals surface area contributed by atoms with Crippen LogP contribution >= 0.6 is 34.2 Å². The molecule has 0 saturated carbocycles. The molecule has 1 unspecified atom stereocenters. The fraction of sp³-hybridized carbons (Fsp3) is 0.133. The molecular formula is C15H12ClIN2O. The molecule has 3 rings (SSSR count). The van der Waals surface area contributed by atoms with Gasteiger partial charge in [0, 0.05) is 9.26 Å². The summed E-state index contributed by atoms with van der Waals surface area (Å²) in [5, 5.41) is 3.52. The van der Waals surface area contributed by atoms with Crippen molar-refractivity contribution in [1.82, 2.24) is 0 Å². The maximum atomic E-state index is 11.4. The molecule has 0 aromatic heterocycles. The minimum Gasteiger partial charge on any atom is -0.326 e. The van der Waals surface area contributed by atoms with Crippen molar-refractivity contribution in [2.45, 2.75) is 12.5 Å². The van der Waals surface area contributed by atoms with Crippen molar-refractivity contribution in [3.8, 4) is 0 Å². The first-order valence-electron chi connectivity index (χ1n) is 6.18. The number of rotatable bonds is 2. The molecule has 1 aliphatic rings. The largest absolute Gasteiger partial charge is 0.326 e. The van der Waals surface area contributed by atoms with Crippen molar-refractivity contribution in [2.75, 3.05) is 5.32 Å². The highest BCUT2D eigenvalue weighted by atomic mass is 127. The maximum Gasteiger partial charge on any atom is 0.228 e. The van der Waals surface area contributed by atoms with E-state index in [4.69, 9.17) is 17.3 Å². The van der Waals surface area contributed by atoms with Crippen LogP contribution in [0.25, 0.3) is 0 Å². The molecule has 0 aliphatic carbocycles. The summed E-state index contributed by atoms with van der Waals surface area (Å²) in [6.45, 7) is 0. The number of carbonyl (C=O) groups is 1. The van der Waals surface area contributed by atoms with Gasteiger partial charge in [-0.3, -0.25) is 4.79 Å². The van der Waals surface area contributed by atoms with E-state index in [0.29, 0.717) is 11.4 Å². The van der Waals surface area contributed by atoms with E-state index in [-0.39, 0.29) is 11.9 Å². The summed E-state index contributed by atoms with van der Waals surface area (Å²) >= 11 is 8.33. The molecular weight excluding hydrogens is 387 g/mol. The lowest BCUT2D eigenvalue weighted by atomic mass is 9.97. The first-order valence-corrected chi connectivity index (χ1v) is 7.63. The van der Waals surface area contributed by atoms with Gasteiger partial charge in [0.2, 0.25) is 5.91 Å². The van der Waals surface area contributed by atoms with Crippen molar-refractivity contribution < 1.29 is 4.79 Å². The van der Waals surface area contributed by atoms with E-state index in [9.17, 15) is 4.79 Å². The van der Waals surface area contributed by atoms with Crippen molar-refractivity contribution in [3.05, 3.63) is 61.7 Å². The second kappa shape index (κ2) is 5.35. The summed E-state index contributed by atoms with van der Waals surface area (Å²) in [5.41, 5.74) is 10.1. The van der Waals surface area contributed by atoms with Gasteiger partial charge in [0.25, 0.3) is 0 Å². The van der Waals surface area contributed by atoms with Crippen LogP contribution in [0.15, 0.2) is 36.4 Å². The van der Waals surface area contributed by atoms with E-state index in [1.54, 1.807) is 0 Å². The van der Waals surface area contributed by atoms with Crippen LogP contribution in [0.5, 0.6) is 0 Å². The molecule has 1 heterocycles. The average molecular weight is 399 g/mol. The third-order valence-corrected chi connectivity index (χ3v) is 4.99. The van der Waals surface area contributed by atoms with E-state index >= 15 is 0 Å². The maximum absolute atomic E-state index is 11.4. The van der Waals surface area contributed by atoms with Crippen molar-refractivity contribution in [3.63, 3.8) is 0 Å². The normalized spacial score (nSPS) is 14.8. The topological polar surface area (TPSA) is 55.1 Å². The van der Waals surface area contributed by atoms with E-state index in [0.717, 1.165) is 25.9 Å². The van der Waals surface area contributed by atoms with Crippen LogP contribution in [-0.4, -0.2) is 5.91 Å². The van der Waals surface area contributed by atoms with E-state index in [1.165, 1.54) is 0 Å². The van der Waals surface area contributed by atoms with Crippen LogP contribution in [0, 0.1) is 3.57 Å². The molecule has 5 heteroatoms. The summed E-state index contributed by atoms with van der Waals surface area (Å²) in [4.78, 5) is 11.4. The van der Waals surface area contributed by atoms with Crippen molar-refractivity contribution >= 4 is 45.8 Å². The monoisotopic (exact) mass is 398 g/mol. The minimum atomic E-state index is -0.245. The van der Waals surface area contributed by atoms with Gasteiger partial charge in [-0.15, -0.1) is 0 Å². The third kappa shape index (κ3) is 2.55. The third-order valence-electron chi connectivity index (χ3n) is 3.42. The number of amides is 1. The molecule has 1 atom stereocenters. The van der Waals surface area contributed by atoms with E-state index in [2.05, 4.69) is 27.9 Å². The zero-order chi connectivity index (χ0) is 14.3. The van der Waals surface area contributed by atoms with Gasteiger partial charge >= 0.3 is 0 Å². The van der Waals surface area contributed by atoms with Gasteiger partial charge in [-0.25, -0.2) is 0 Å². The molecule has 0 radical (unpaired) electrons. The Morgan fingerprint density at radius 2 is 1.90 bits per heavy atom. The average Bonchev–Trinajstić information content (AvgIpc) is 2.80.